The summed E-state index contributed by atoms with van der Waals surface area (Å²) < 4.78 is 1.71. The van der Waals surface area contributed by atoms with Gasteiger partial charge in [0.2, 0.25) is 0 Å². The molecule has 7 heteroatoms. The first-order chi connectivity index (χ1) is 13.7. The van der Waals surface area contributed by atoms with Crippen LogP contribution in [0, 0.1) is 0 Å². The molecule has 0 bridgehead atoms. The molecule has 1 atom stereocenters. The Kier molecular flexibility index (Phi) is 5.34. The predicted octanol–water partition coefficient (Wildman–Crippen LogP) is 2.47. The lowest BCUT2D eigenvalue weighted by atomic mass is 10.0. The van der Waals surface area contributed by atoms with Crippen LogP contribution in [0.5, 0.6) is 0 Å². The van der Waals surface area contributed by atoms with Gasteiger partial charge in [0.1, 0.15) is 0 Å². The molecule has 1 fully saturated rings. The molecule has 2 amide bonds. The molecule has 1 aliphatic heterocycles. The Morgan fingerprint density at radius 1 is 1.14 bits per heavy atom. The number of pyridine rings is 1. The summed E-state index contributed by atoms with van der Waals surface area (Å²) in [5.41, 5.74) is 2.15. The van der Waals surface area contributed by atoms with Crippen molar-refractivity contribution < 1.29 is 4.79 Å². The van der Waals surface area contributed by atoms with E-state index in [2.05, 4.69) is 39.5 Å². The zero-order chi connectivity index (χ0) is 19.3. The molecule has 2 aromatic heterocycles. The highest BCUT2D eigenvalue weighted by molar-refractivity contribution is 5.75. The smallest absolute Gasteiger partial charge is 0.318 e. The summed E-state index contributed by atoms with van der Waals surface area (Å²) in [5, 5.41) is 7.27. The van der Waals surface area contributed by atoms with Crippen molar-refractivity contribution in [1.82, 2.24) is 29.9 Å². The van der Waals surface area contributed by atoms with Crippen LogP contribution in [0.2, 0.25) is 0 Å². The maximum absolute atomic E-state index is 12.9. The Bertz CT molecular complexity index is 912. The Labute approximate surface area is 164 Å². The zero-order valence-electron chi connectivity index (χ0n) is 15.9. The average molecular weight is 376 g/mol. The number of carbonyl (C=O) groups excluding carboxylic acids is 1. The zero-order valence-corrected chi connectivity index (χ0v) is 15.9. The maximum Gasteiger partial charge on any atom is 0.318 e. The van der Waals surface area contributed by atoms with Crippen molar-refractivity contribution in [1.29, 1.82) is 0 Å². The van der Waals surface area contributed by atoms with Gasteiger partial charge >= 0.3 is 6.03 Å². The molecule has 0 spiro atoms. The van der Waals surface area contributed by atoms with Crippen LogP contribution in [-0.4, -0.2) is 57.3 Å². The van der Waals surface area contributed by atoms with Crippen LogP contribution in [0.4, 0.5) is 4.79 Å². The van der Waals surface area contributed by atoms with Gasteiger partial charge in [-0.2, -0.15) is 5.10 Å². The molecule has 0 aliphatic carbocycles. The second-order valence-corrected chi connectivity index (χ2v) is 7.01. The standard InChI is InChI=1S/C21H24N6O/c1-25-12-13-26(19(16-25)18-6-3-2-4-7-18)21(28)23-15-17-8-10-22-20(14-17)27-11-5-9-24-27/h2-11,14,19H,12-13,15-16H2,1H3,(H,23,28)/t19-/m1/s1. The fourth-order valence-corrected chi connectivity index (χ4v) is 3.50. The van der Waals surface area contributed by atoms with E-state index >= 15 is 0 Å². The highest BCUT2D eigenvalue weighted by Gasteiger charge is 2.30. The van der Waals surface area contributed by atoms with Crippen molar-refractivity contribution in [3.8, 4) is 5.82 Å². The predicted molar refractivity (Wildman–Crippen MR) is 107 cm³/mol. The number of benzene rings is 1. The second kappa shape index (κ2) is 8.22. The monoisotopic (exact) mass is 376 g/mol. The molecule has 0 saturated carbocycles. The van der Waals surface area contributed by atoms with E-state index in [9.17, 15) is 4.79 Å². The first kappa shape index (κ1) is 18.2. The molecule has 1 saturated heterocycles. The Morgan fingerprint density at radius 2 is 2.00 bits per heavy atom. The normalized spacial score (nSPS) is 17.5. The summed E-state index contributed by atoms with van der Waals surface area (Å²) in [6.07, 6.45) is 5.30. The van der Waals surface area contributed by atoms with Gasteiger partial charge < -0.3 is 15.1 Å². The molecule has 1 aromatic carbocycles. The minimum atomic E-state index is -0.0422. The number of hydrogen-bond acceptors (Lipinski definition) is 4. The minimum absolute atomic E-state index is 0.0422. The van der Waals surface area contributed by atoms with Gasteiger partial charge in [0.25, 0.3) is 0 Å². The summed E-state index contributed by atoms with van der Waals surface area (Å²) in [5.74, 6) is 0.735. The fraction of sp³-hybridized carbons (Fsp3) is 0.286. The summed E-state index contributed by atoms with van der Waals surface area (Å²) in [6, 6.07) is 15.9. The van der Waals surface area contributed by atoms with Gasteiger partial charge in [0, 0.05) is 44.8 Å². The van der Waals surface area contributed by atoms with Crippen molar-refractivity contribution in [2.45, 2.75) is 12.6 Å². The Hall–Kier alpha value is -3.19. The number of piperazine rings is 1. The lowest BCUT2D eigenvalue weighted by Crippen LogP contribution is -2.52. The molecule has 1 aliphatic rings. The Morgan fingerprint density at radius 3 is 2.79 bits per heavy atom. The fourth-order valence-electron chi connectivity index (χ4n) is 3.50. The average Bonchev–Trinajstić information content (AvgIpc) is 3.28. The third-order valence-electron chi connectivity index (χ3n) is 5.02. The third-order valence-corrected chi connectivity index (χ3v) is 5.02. The first-order valence-corrected chi connectivity index (χ1v) is 9.43. The van der Waals surface area contributed by atoms with E-state index in [1.165, 1.54) is 0 Å². The van der Waals surface area contributed by atoms with Crippen LogP contribution in [0.25, 0.3) is 5.82 Å². The minimum Gasteiger partial charge on any atom is -0.334 e. The van der Waals surface area contributed by atoms with Crippen LogP contribution < -0.4 is 5.32 Å². The van der Waals surface area contributed by atoms with Crippen LogP contribution in [0.1, 0.15) is 17.2 Å². The molecule has 0 radical (unpaired) electrons. The summed E-state index contributed by atoms with van der Waals surface area (Å²) in [7, 11) is 2.10. The molecule has 1 N–H and O–H groups in total. The van der Waals surface area contributed by atoms with Crippen molar-refractivity contribution in [3.05, 3.63) is 78.2 Å². The number of nitrogens with one attached hydrogen (secondary N) is 1. The molecule has 4 rings (SSSR count). The molecule has 3 aromatic rings. The first-order valence-electron chi connectivity index (χ1n) is 9.43. The molecular weight excluding hydrogens is 352 g/mol. The summed E-state index contributed by atoms with van der Waals surface area (Å²) in [4.78, 5) is 21.5. The number of aromatic nitrogens is 3. The van der Waals surface area contributed by atoms with Crippen molar-refractivity contribution in [2.75, 3.05) is 26.7 Å². The molecule has 144 valence electrons. The maximum atomic E-state index is 12.9. The van der Waals surface area contributed by atoms with Crippen LogP contribution >= 0.6 is 0 Å². The number of likely N-dealkylation sites (N-methyl/N-ethyl adjacent to an activating group) is 1. The number of urea groups is 1. The second-order valence-electron chi connectivity index (χ2n) is 7.01. The van der Waals surface area contributed by atoms with Crippen molar-refractivity contribution >= 4 is 6.03 Å². The van der Waals surface area contributed by atoms with E-state index in [4.69, 9.17) is 0 Å². The lowest BCUT2D eigenvalue weighted by Gasteiger charge is -2.40. The van der Waals surface area contributed by atoms with E-state index in [-0.39, 0.29) is 12.1 Å². The number of hydrogen-bond donors (Lipinski definition) is 1. The van der Waals surface area contributed by atoms with Gasteiger partial charge in [-0.15, -0.1) is 0 Å². The third kappa shape index (κ3) is 4.04. The number of amides is 2. The van der Waals surface area contributed by atoms with Gasteiger partial charge in [-0.3, -0.25) is 0 Å². The number of rotatable bonds is 4. The molecular formula is C21H24N6O. The number of carbonyl (C=O) groups is 1. The van der Waals surface area contributed by atoms with Gasteiger partial charge in [0.05, 0.1) is 6.04 Å². The SMILES string of the molecule is CN1CCN(C(=O)NCc2ccnc(-n3cccn3)c2)[C@@H](c2ccccc2)C1. The van der Waals surface area contributed by atoms with Gasteiger partial charge in [0.15, 0.2) is 5.82 Å². The molecule has 0 unspecified atom stereocenters. The molecule has 3 heterocycles. The summed E-state index contributed by atoms with van der Waals surface area (Å²) >= 11 is 0. The highest BCUT2D eigenvalue weighted by atomic mass is 16.2. The van der Waals surface area contributed by atoms with Crippen LogP contribution in [-0.2, 0) is 6.54 Å². The van der Waals surface area contributed by atoms with E-state index < -0.39 is 0 Å². The molecule has 28 heavy (non-hydrogen) atoms. The van der Waals surface area contributed by atoms with E-state index in [1.54, 1.807) is 17.1 Å². The van der Waals surface area contributed by atoms with E-state index in [1.807, 2.05) is 47.5 Å². The van der Waals surface area contributed by atoms with Gasteiger partial charge in [-0.25, -0.2) is 14.5 Å². The number of nitrogens with zero attached hydrogens (tertiary/aromatic N) is 5. The van der Waals surface area contributed by atoms with Crippen LogP contribution in [0.3, 0.4) is 0 Å². The quantitative estimate of drug-likeness (QED) is 0.760. The molecule has 7 nitrogen and oxygen atoms in total. The van der Waals surface area contributed by atoms with Gasteiger partial charge in [-0.05, 0) is 36.4 Å². The van der Waals surface area contributed by atoms with Crippen LogP contribution in [0.15, 0.2) is 67.1 Å². The summed E-state index contributed by atoms with van der Waals surface area (Å²) in [6.45, 7) is 2.85. The van der Waals surface area contributed by atoms with E-state index in [0.29, 0.717) is 13.1 Å². The Balaban J connectivity index is 1.45. The van der Waals surface area contributed by atoms with Crippen molar-refractivity contribution in [2.24, 2.45) is 0 Å². The highest BCUT2D eigenvalue weighted by Crippen LogP contribution is 2.24. The van der Waals surface area contributed by atoms with Gasteiger partial charge in [-0.1, -0.05) is 30.3 Å². The topological polar surface area (TPSA) is 66.3 Å². The van der Waals surface area contributed by atoms with Crippen molar-refractivity contribution in [3.63, 3.8) is 0 Å². The van der Waals surface area contributed by atoms with E-state index in [0.717, 1.165) is 30.0 Å². The largest absolute Gasteiger partial charge is 0.334 e. The lowest BCUT2D eigenvalue weighted by molar-refractivity contribution is 0.108.